The van der Waals surface area contributed by atoms with Gasteiger partial charge in [-0.05, 0) is 24.3 Å². The monoisotopic (exact) mass is 286 g/mol. The van der Waals surface area contributed by atoms with Gasteiger partial charge >= 0.3 is 0 Å². The summed E-state index contributed by atoms with van der Waals surface area (Å²) in [7, 11) is 3.60. The van der Waals surface area contributed by atoms with Crippen LogP contribution >= 0.6 is 11.6 Å². The molecule has 2 rings (SSSR count). The Morgan fingerprint density at radius 1 is 1.00 bits per heavy atom. The molecule has 20 heavy (non-hydrogen) atoms. The van der Waals surface area contributed by atoms with Gasteiger partial charge in [0.2, 0.25) is 5.78 Å². The van der Waals surface area contributed by atoms with Gasteiger partial charge in [0.1, 0.15) is 0 Å². The van der Waals surface area contributed by atoms with E-state index < -0.39 is 0 Å². The highest BCUT2D eigenvalue weighted by Gasteiger charge is 2.15. The molecule has 0 aliphatic heterocycles. The van der Waals surface area contributed by atoms with Crippen LogP contribution in [0.2, 0.25) is 5.02 Å². The quantitative estimate of drug-likeness (QED) is 0.488. The van der Waals surface area contributed by atoms with Gasteiger partial charge in [0, 0.05) is 24.7 Å². The van der Waals surface area contributed by atoms with E-state index in [1.807, 2.05) is 18.2 Å². The Bertz CT molecular complexity index is 619. The Kier molecular flexibility index (Phi) is 4.53. The SMILES string of the molecule is CN(C)C(=Nc1ccc(Cl)cc1)C(=O)c1ccccc1. The highest BCUT2D eigenvalue weighted by atomic mass is 35.5. The molecule has 0 atom stereocenters. The van der Waals surface area contributed by atoms with E-state index in [0.29, 0.717) is 22.1 Å². The minimum atomic E-state index is -0.106. The van der Waals surface area contributed by atoms with Crippen molar-refractivity contribution in [3.63, 3.8) is 0 Å². The van der Waals surface area contributed by atoms with E-state index in [9.17, 15) is 4.79 Å². The molecule has 4 heteroatoms. The summed E-state index contributed by atoms with van der Waals surface area (Å²) >= 11 is 5.84. The fourth-order valence-corrected chi connectivity index (χ4v) is 1.84. The summed E-state index contributed by atoms with van der Waals surface area (Å²) in [6.07, 6.45) is 0. The highest BCUT2D eigenvalue weighted by Crippen LogP contribution is 2.17. The van der Waals surface area contributed by atoms with Crippen LogP contribution in [-0.4, -0.2) is 30.6 Å². The molecule has 2 aromatic rings. The van der Waals surface area contributed by atoms with E-state index in [0.717, 1.165) is 0 Å². The molecule has 0 radical (unpaired) electrons. The van der Waals surface area contributed by atoms with Crippen LogP contribution < -0.4 is 0 Å². The Morgan fingerprint density at radius 2 is 1.60 bits per heavy atom. The molecule has 0 N–H and O–H groups in total. The molecule has 0 bridgehead atoms. The van der Waals surface area contributed by atoms with E-state index in [2.05, 4.69) is 4.99 Å². The average molecular weight is 287 g/mol. The molecule has 0 saturated carbocycles. The van der Waals surface area contributed by atoms with Gasteiger partial charge in [0.05, 0.1) is 5.69 Å². The molecule has 0 aliphatic carbocycles. The summed E-state index contributed by atoms with van der Waals surface area (Å²) in [5, 5.41) is 0.643. The zero-order valence-electron chi connectivity index (χ0n) is 11.4. The van der Waals surface area contributed by atoms with Crippen molar-refractivity contribution < 1.29 is 4.79 Å². The Labute approximate surface area is 123 Å². The van der Waals surface area contributed by atoms with Crippen molar-refractivity contribution in [1.29, 1.82) is 0 Å². The molecule has 102 valence electrons. The fourth-order valence-electron chi connectivity index (χ4n) is 1.71. The van der Waals surface area contributed by atoms with Crippen molar-refractivity contribution in [2.24, 2.45) is 4.99 Å². The molecule has 2 aromatic carbocycles. The van der Waals surface area contributed by atoms with Gasteiger partial charge in [-0.25, -0.2) is 4.99 Å². The molecule has 0 heterocycles. The van der Waals surface area contributed by atoms with Crippen LogP contribution in [0.5, 0.6) is 0 Å². The third-order valence-electron chi connectivity index (χ3n) is 2.72. The first-order valence-corrected chi connectivity index (χ1v) is 6.57. The van der Waals surface area contributed by atoms with Crippen molar-refractivity contribution in [3.8, 4) is 0 Å². The van der Waals surface area contributed by atoms with Gasteiger partial charge < -0.3 is 4.90 Å². The number of hydrogen-bond donors (Lipinski definition) is 0. The van der Waals surface area contributed by atoms with Crippen LogP contribution in [-0.2, 0) is 0 Å². The first kappa shape index (κ1) is 14.3. The summed E-state index contributed by atoms with van der Waals surface area (Å²) in [5.41, 5.74) is 1.32. The van der Waals surface area contributed by atoms with Crippen LogP contribution in [0.1, 0.15) is 10.4 Å². The maximum atomic E-state index is 12.5. The second kappa shape index (κ2) is 6.35. The number of rotatable bonds is 3. The molecule has 0 unspecified atom stereocenters. The number of amidine groups is 1. The summed E-state index contributed by atoms with van der Waals surface area (Å²) in [4.78, 5) is 18.6. The number of likely N-dealkylation sites (N-methyl/N-ethyl adjacent to an activating group) is 1. The molecular formula is C16H15ClN2O. The molecule has 0 amide bonds. The second-order valence-corrected chi connectivity index (χ2v) is 4.94. The van der Waals surface area contributed by atoms with Crippen LogP contribution in [0.25, 0.3) is 0 Å². The van der Waals surface area contributed by atoms with Crippen molar-refractivity contribution in [2.75, 3.05) is 14.1 Å². The van der Waals surface area contributed by atoms with Crippen LogP contribution in [0.3, 0.4) is 0 Å². The van der Waals surface area contributed by atoms with Crippen LogP contribution in [0, 0.1) is 0 Å². The number of aliphatic imine (C=N–C) groups is 1. The average Bonchev–Trinajstić information content (AvgIpc) is 2.46. The number of halogens is 1. The number of hydrogen-bond acceptors (Lipinski definition) is 2. The molecular weight excluding hydrogens is 272 g/mol. The van der Waals surface area contributed by atoms with Gasteiger partial charge in [-0.2, -0.15) is 0 Å². The third kappa shape index (κ3) is 3.45. The Balaban J connectivity index is 2.36. The zero-order valence-corrected chi connectivity index (χ0v) is 12.1. The predicted octanol–water partition coefficient (Wildman–Crippen LogP) is 3.81. The lowest BCUT2D eigenvalue weighted by Crippen LogP contribution is -2.30. The van der Waals surface area contributed by atoms with Crippen molar-refractivity contribution in [2.45, 2.75) is 0 Å². The van der Waals surface area contributed by atoms with Crippen molar-refractivity contribution >= 4 is 28.9 Å². The van der Waals surface area contributed by atoms with E-state index >= 15 is 0 Å². The van der Waals surface area contributed by atoms with Crippen LogP contribution in [0.4, 0.5) is 5.69 Å². The van der Waals surface area contributed by atoms with E-state index in [-0.39, 0.29) is 5.78 Å². The molecule has 0 spiro atoms. The molecule has 0 saturated heterocycles. The lowest BCUT2D eigenvalue weighted by molar-refractivity contribution is 0.105. The highest BCUT2D eigenvalue weighted by molar-refractivity contribution is 6.45. The number of carbonyl (C=O) groups excluding carboxylic acids is 1. The minimum absolute atomic E-state index is 0.106. The van der Waals surface area contributed by atoms with Gasteiger partial charge in [0.25, 0.3) is 0 Å². The third-order valence-corrected chi connectivity index (χ3v) is 2.98. The largest absolute Gasteiger partial charge is 0.359 e. The Morgan fingerprint density at radius 3 is 2.15 bits per heavy atom. The molecule has 0 aromatic heterocycles. The summed E-state index contributed by atoms with van der Waals surface area (Å²) < 4.78 is 0. The van der Waals surface area contributed by atoms with Crippen molar-refractivity contribution in [1.82, 2.24) is 4.90 Å². The number of nitrogens with zero attached hydrogens (tertiary/aromatic N) is 2. The minimum Gasteiger partial charge on any atom is -0.359 e. The second-order valence-electron chi connectivity index (χ2n) is 4.50. The lowest BCUT2D eigenvalue weighted by Gasteiger charge is -2.14. The van der Waals surface area contributed by atoms with E-state index in [1.54, 1.807) is 55.4 Å². The van der Waals surface area contributed by atoms with Gasteiger partial charge in [-0.1, -0.05) is 41.9 Å². The van der Waals surface area contributed by atoms with Gasteiger partial charge in [0.15, 0.2) is 5.84 Å². The summed E-state index contributed by atoms with van der Waals surface area (Å²) in [6, 6.07) is 16.2. The molecule has 0 aliphatic rings. The smallest absolute Gasteiger partial charge is 0.228 e. The fraction of sp³-hybridized carbons (Fsp3) is 0.125. The number of benzene rings is 2. The standard InChI is InChI=1S/C16H15ClN2O/c1-19(2)16(15(20)12-6-4-3-5-7-12)18-14-10-8-13(17)9-11-14/h3-11H,1-2H3. The van der Waals surface area contributed by atoms with Gasteiger partial charge in [-0.3, -0.25) is 4.79 Å². The number of carbonyl (C=O) groups is 1. The molecule has 0 fully saturated rings. The zero-order chi connectivity index (χ0) is 14.5. The lowest BCUT2D eigenvalue weighted by atomic mass is 10.1. The topological polar surface area (TPSA) is 32.7 Å². The summed E-state index contributed by atoms with van der Waals surface area (Å²) in [5.74, 6) is 0.282. The first-order chi connectivity index (χ1) is 9.58. The first-order valence-electron chi connectivity index (χ1n) is 6.19. The predicted molar refractivity (Wildman–Crippen MR) is 83.0 cm³/mol. The van der Waals surface area contributed by atoms with Crippen LogP contribution in [0.15, 0.2) is 59.6 Å². The van der Waals surface area contributed by atoms with Crippen molar-refractivity contribution in [3.05, 3.63) is 65.2 Å². The maximum absolute atomic E-state index is 12.5. The van der Waals surface area contributed by atoms with Gasteiger partial charge in [-0.15, -0.1) is 0 Å². The van der Waals surface area contributed by atoms with E-state index in [4.69, 9.17) is 11.6 Å². The Hall–Kier alpha value is -2.13. The van der Waals surface area contributed by atoms with E-state index in [1.165, 1.54) is 0 Å². The normalized spacial score (nSPS) is 11.2. The summed E-state index contributed by atoms with van der Waals surface area (Å²) in [6.45, 7) is 0. The number of ketones is 1. The number of Topliss-reactive ketones (excluding diaryl/α,β-unsaturated/α-hetero) is 1. The molecule has 3 nitrogen and oxygen atoms in total. The maximum Gasteiger partial charge on any atom is 0.228 e.